The number of hydrazine groups is 1. The normalized spacial score (nSPS) is 20.3. The fourth-order valence-electron chi connectivity index (χ4n) is 4.49. The number of benzene rings is 1. The Balaban J connectivity index is 1.46. The number of hydrogen-bond acceptors (Lipinski definition) is 7. The molecule has 3 aromatic rings. The minimum absolute atomic E-state index is 0.00964. The van der Waals surface area contributed by atoms with Crippen molar-refractivity contribution in [3.63, 3.8) is 0 Å². The molecule has 1 fully saturated rings. The maximum absolute atomic E-state index is 13.0. The van der Waals surface area contributed by atoms with Gasteiger partial charge in [0.2, 0.25) is 11.8 Å². The highest BCUT2D eigenvalue weighted by molar-refractivity contribution is 7.90. The minimum Gasteiger partial charge on any atom is -0.354 e. The van der Waals surface area contributed by atoms with Crippen LogP contribution in [0.3, 0.4) is 0 Å². The van der Waals surface area contributed by atoms with Crippen molar-refractivity contribution in [3.8, 4) is 0 Å². The Kier molecular flexibility index (Phi) is 6.56. The van der Waals surface area contributed by atoms with Crippen LogP contribution in [-0.2, 0) is 19.6 Å². The van der Waals surface area contributed by atoms with E-state index in [1.807, 2.05) is 13.8 Å². The Labute approximate surface area is 198 Å². The van der Waals surface area contributed by atoms with E-state index in [4.69, 9.17) is 0 Å². The first-order valence-electron chi connectivity index (χ1n) is 11.2. The molecule has 0 bridgehead atoms. The van der Waals surface area contributed by atoms with E-state index in [-0.39, 0.29) is 46.1 Å². The molecule has 0 radical (unpaired) electrons. The summed E-state index contributed by atoms with van der Waals surface area (Å²) in [6.07, 6.45) is 4.96. The van der Waals surface area contributed by atoms with Crippen LogP contribution in [0.1, 0.15) is 38.7 Å². The van der Waals surface area contributed by atoms with Crippen molar-refractivity contribution in [3.05, 3.63) is 48.3 Å². The van der Waals surface area contributed by atoms with Gasteiger partial charge in [0.1, 0.15) is 5.52 Å². The van der Waals surface area contributed by atoms with E-state index >= 15 is 0 Å². The number of rotatable bonds is 7. The van der Waals surface area contributed by atoms with Gasteiger partial charge in [-0.3, -0.25) is 20.4 Å². The number of nitrogens with zero attached hydrogens (tertiary/aromatic N) is 3. The number of aryl methyl sites for hydroxylation is 1. The van der Waals surface area contributed by atoms with E-state index < -0.39 is 10.0 Å². The zero-order valence-electron chi connectivity index (χ0n) is 19.3. The van der Waals surface area contributed by atoms with Gasteiger partial charge in [-0.15, -0.1) is 0 Å². The molecule has 10 nitrogen and oxygen atoms in total. The fraction of sp³-hybridized carbons (Fsp3) is 0.391. The molecule has 2 heterocycles. The topological polar surface area (TPSA) is 135 Å². The van der Waals surface area contributed by atoms with Gasteiger partial charge in [0.25, 0.3) is 10.0 Å². The number of aromatic nitrogens is 3. The van der Waals surface area contributed by atoms with E-state index in [9.17, 15) is 18.0 Å². The molecule has 1 aliphatic carbocycles. The van der Waals surface area contributed by atoms with Gasteiger partial charge in [0, 0.05) is 25.1 Å². The third kappa shape index (κ3) is 4.74. The number of carbonyl (C=O) groups excluding carboxylic acids is 2. The maximum atomic E-state index is 13.0. The SMILES string of the molecule is CCC1CC(NC(C)=O)CC1C(=O)NNc1cnc2c(ccn2S(=O)(=O)c2ccc(C)cc2)n1. The molecule has 1 aliphatic rings. The molecule has 2 amide bonds. The van der Waals surface area contributed by atoms with Gasteiger partial charge in [0.15, 0.2) is 11.5 Å². The Morgan fingerprint density at radius 3 is 2.56 bits per heavy atom. The molecule has 1 saturated carbocycles. The van der Waals surface area contributed by atoms with Crippen LogP contribution in [0.2, 0.25) is 0 Å². The highest BCUT2D eigenvalue weighted by Crippen LogP contribution is 2.34. The third-order valence-corrected chi connectivity index (χ3v) is 7.89. The zero-order valence-corrected chi connectivity index (χ0v) is 20.1. The Morgan fingerprint density at radius 1 is 1.15 bits per heavy atom. The molecule has 0 saturated heterocycles. The summed E-state index contributed by atoms with van der Waals surface area (Å²) < 4.78 is 27.1. The Hall–Kier alpha value is -3.47. The highest BCUT2D eigenvalue weighted by atomic mass is 32.2. The summed E-state index contributed by atoms with van der Waals surface area (Å²) >= 11 is 0. The van der Waals surface area contributed by atoms with E-state index in [0.29, 0.717) is 11.9 Å². The quantitative estimate of drug-likeness (QED) is 0.438. The second kappa shape index (κ2) is 9.41. The van der Waals surface area contributed by atoms with Crippen LogP contribution in [-0.4, -0.2) is 40.2 Å². The average Bonchev–Trinajstić information content (AvgIpc) is 3.41. The largest absolute Gasteiger partial charge is 0.354 e. The lowest BCUT2D eigenvalue weighted by Gasteiger charge is -2.17. The van der Waals surface area contributed by atoms with Crippen LogP contribution in [0.15, 0.2) is 47.6 Å². The van der Waals surface area contributed by atoms with Gasteiger partial charge in [0.05, 0.1) is 11.1 Å². The van der Waals surface area contributed by atoms with E-state index in [1.54, 1.807) is 30.3 Å². The van der Waals surface area contributed by atoms with Gasteiger partial charge in [-0.25, -0.2) is 22.4 Å². The van der Waals surface area contributed by atoms with Crippen LogP contribution >= 0.6 is 0 Å². The molecule has 1 aromatic carbocycles. The molecule has 0 aliphatic heterocycles. The Bertz CT molecular complexity index is 1320. The smallest absolute Gasteiger partial charge is 0.269 e. The van der Waals surface area contributed by atoms with Crippen molar-refractivity contribution in [1.29, 1.82) is 0 Å². The molecule has 180 valence electrons. The number of hydrogen-bond donors (Lipinski definition) is 3. The van der Waals surface area contributed by atoms with Crippen LogP contribution in [0.25, 0.3) is 11.2 Å². The summed E-state index contributed by atoms with van der Waals surface area (Å²) in [6.45, 7) is 5.39. The molecule has 3 N–H and O–H groups in total. The van der Waals surface area contributed by atoms with Crippen molar-refractivity contribution >= 4 is 38.8 Å². The van der Waals surface area contributed by atoms with Crippen LogP contribution in [0, 0.1) is 18.8 Å². The third-order valence-electron chi connectivity index (χ3n) is 6.21. The molecule has 34 heavy (non-hydrogen) atoms. The predicted octanol–water partition coefficient (Wildman–Crippen LogP) is 2.36. The van der Waals surface area contributed by atoms with E-state index in [1.165, 1.54) is 19.3 Å². The second-order valence-corrected chi connectivity index (χ2v) is 10.5. The van der Waals surface area contributed by atoms with Gasteiger partial charge in [-0.05, 0) is 43.9 Å². The first-order chi connectivity index (χ1) is 16.2. The predicted molar refractivity (Wildman–Crippen MR) is 127 cm³/mol. The Morgan fingerprint density at radius 2 is 1.88 bits per heavy atom. The van der Waals surface area contributed by atoms with Crippen molar-refractivity contribution in [2.45, 2.75) is 51.0 Å². The summed E-state index contributed by atoms with van der Waals surface area (Å²) in [4.78, 5) is 32.9. The van der Waals surface area contributed by atoms with Crippen molar-refractivity contribution in [2.24, 2.45) is 11.8 Å². The van der Waals surface area contributed by atoms with Gasteiger partial charge in [-0.1, -0.05) is 31.0 Å². The van der Waals surface area contributed by atoms with Crippen LogP contribution in [0.4, 0.5) is 5.82 Å². The second-order valence-electron chi connectivity index (χ2n) is 8.65. The molecule has 3 unspecified atom stereocenters. The number of fused-ring (bicyclic) bond motifs is 1. The summed E-state index contributed by atoms with van der Waals surface area (Å²) in [5, 5.41) is 2.90. The summed E-state index contributed by atoms with van der Waals surface area (Å²) in [5.41, 5.74) is 6.98. The fourth-order valence-corrected chi connectivity index (χ4v) is 5.78. The number of carbonyl (C=O) groups is 2. The van der Waals surface area contributed by atoms with Crippen molar-refractivity contribution in [1.82, 2.24) is 24.7 Å². The lowest BCUT2D eigenvalue weighted by Crippen LogP contribution is -2.37. The standard InChI is InChI=1S/C23H28N6O4S/c1-4-16-11-17(25-15(3)30)12-19(16)23(31)28-27-21-13-24-22-20(26-21)9-10-29(22)34(32,33)18-7-5-14(2)6-8-18/h5-10,13,16-17,19H,4,11-12H2,1-3H3,(H,25,30)(H,26,27)(H,28,31). The first kappa shape index (κ1) is 23.7. The minimum atomic E-state index is -3.82. The van der Waals surface area contributed by atoms with E-state index in [0.717, 1.165) is 22.4 Å². The van der Waals surface area contributed by atoms with Crippen molar-refractivity contribution in [2.75, 3.05) is 5.43 Å². The van der Waals surface area contributed by atoms with Crippen LogP contribution < -0.4 is 16.2 Å². The van der Waals surface area contributed by atoms with Gasteiger partial charge in [-0.2, -0.15) is 0 Å². The average molecular weight is 485 g/mol. The first-order valence-corrected chi connectivity index (χ1v) is 12.6. The highest BCUT2D eigenvalue weighted by Gasteiger charge is 2.38. The van der Waals surface area contributed by atoms with Crippen LogP contribution in [0.5, 0.6) is 0 Å². The molecule has 4 rings (SSSR count). The number of nitrogens with one attached hydrogen (secondary N) is 3. The monoisotopic (exact) mass is 484 g/mol. The number of anilines is 1. The lowest BCUT2D eigenvalue weighted by atomic mass is 9.93. The molecule has 2 aromatic heterocycles. The summed E-state index contributed by atoms with van der Waals surface area (Å²) in [5.74, 6) is -0.0455. The summed E-state index contributed by atoms with van der Waals surface area (Å²) in [7, 11) is -3.82. The molecule has 11 heteroatoms. The maximum Gasteiger partial charge on any atom is 0.269 e. The van der Waals surface area contributed by atoms with Gasteiger partial charge < -0.3 is 5.32 Å². The zero-order chi connectivity index (χ0) is 24.5. The van der Waals surface area contributed by atoms with Crippen molar-refractivity contribution < 1.29 is 18.0 Å². The molecule has 3 atom stereocenters. The lowest BCUT2D eigenvalue weighted by molar-refractivity contribution is -0.126. The van der Waals surface area contributed by atoms with Gasteiger partial charge >= 0.3 is 0 Å². The summed E-state index contributed by atoms with van der Waals surface area (Å²) in [6, 6.07) is 8.13. The number of amides is 2. The molecular formula is C23H28N6O4S. The molecule has 0 spiro atoms. The van der Waals surface area contributed by atoms with E-state index in [2.05, 4.69) is 26.1 Å². The molecular weight excluding hydrogens is 456 g/mol.